The fourth-order valence-corrected chi connectivity index (χ4v) is 3.43. The molecule has 0 radical (unpaired) electrons. The van der Waals surface area contributed by atoms with E-state index in [1.807, 2.05) is 11.8 Å². The molecular formula is C11H21NS. The molecule has 0 saturated heterocycles. The molecule has 1 N–H and O–H groups in total. The predicted octanol–water partition coefficient (Wildman–Crippen LogP) is 2.80. The molecule has 0 aromatic rings. The molecule has 2 fully saturated rings. The highest BCUT2D eigenvalue weighted by atomic mass is 32.2. The first-order valence-electron chi connectivity index (χ1n) is 5.69. The molecule has 2 aliphatic carbocycles. The van der Waals surface area contributed by atoms with Crippen LogP contribution in [0.4, 0.5) is 0 Å². The maximum absolute atomic E-state index is 3.84. The van der Waals surface area contributed by atoms with Gasteiger partial charge in [0.05, 0.1) is 0 Å². The topological polar surface area (TPSA) is 12.0 Å². The number of hydrogen-bond acceptors (Lipinski definition) is 2. The molecule has 2 rings (SSSR count). The van der Waals surface area contributed by atoms with Crippen molar-refractivity contribution in [1.82, 2.24) is 5.32 Å². The molecule has 2 atom stereocenters. The molecule has 2 heteroatoms. The van der Waals surface area contributed by atoms with Crippen LogP contribution in [0.1, 0.15) is 44.9 Å². The quantitative estimate of drug-likeness (QED) is 0.750. The number of hydrogen-bond donors (Lipinski definition) is 1. The summed E-state index contributed by atoms with van der Waals surface area (Å²) in [4.78, 5) is 0. The van der Waals surface area contributed by atoms with E-state index in [2.05, 4.69) is 11.6 Å². The van der Waals surface area contributed by atoms with E-state index in [-0.39, 0.29) is 0 Å². The molecule has 2 aliphatic rings. The van der Waals surface area contributed by atoms with E-state index in [4.69, 9.17) is 0 Å². The Morgan fingerprint density at radius 1 is 1.00 bits per heavy atom. The lowest BCUT2D eigenvalue weighted by atomic mass is 9.88. The van der Waals surface area contributed by atoms with Gasteiger partial charge in [0.25, 0.3) is 0 Å². The molecule has 76 valence electrons. The summed E-state index contributed by atoms with van der Waals surface area (Å²) in [5, 5.41) is 4.75. The maximum Gasteiger partial charge on any atom is 0.0199 e. The summed E-state index contributed by atoms with van der Waals surface area (Å²) in [6.45, 7) is 0. The average molecular weight is 199 g/mol. The fraction of sp³-hybridized carbons (Fsp3) is 1.00. The van der Waals surface area contributed by atoms with Crippen molar-refractivity contribution in [2.45, 2.75) is 62.3 Å². The van der Waals surface area contributed by atoms with Crippen molar-refractivity contribution in [1.29, 1.82) is 0 Å². The summed E-state index contributed by atoms with van der Waals surface area (Å²) in [5.74, 6) is 0. The highest BCUT2D eigenvalue weighted by molar-refractivity contribution is 7.99. The Hall–Kier alpha value is 0.310. The smallest absolute Gasteiger partial charge is 0.0199 e. The summed E-state index contributed by atoms with van der Waals surface area (Å²) in [6.07, 6.45) is 12.3. The lowest BCUT2D eigenvalue weighted by Crippen LogP contribution is -2.50. The van der Waals surface area contributed by atoms with Crippen LogP contribution in [0, 0.1) is 0 Å². The van der Waals surface area contributed by atoms with E-state index in [0.717, 1.165) is 17.3 Å². The second-order valence-electron chi connectivity index (χ2n) is 4.46. The van der Waals surface area contributed by atoms with Crippen LogP contribution >= 0.6 is 11.8 Å². The first-order chi connectivity index (χ1) is 6.40. The zero-order valence-corrected chi connectivity index (χ0v) is 9.41. The second kappa shape index (κ2) is 4.70. The lowest BCUT2D eigenvalue weighted by molar-refractivity contribution is 0.274. The third-order valence-electron chi connectivity index (χ3n) is 3.57. The molecule has 0 aromatic heterocycles. The summed E-state index contributed by atoms with van der Waals surface area (Å²) < 4.78 is 0. The van der Waals surface area contributed by atoms with E-state index in [9.17, 15) is 0 Å². The maximum atomic E-state index is 3.84. The lowest BCUT2D eigenvalue weighted by Gasteiger charge is -2.39. The summed E-state index contributed by atoms with van der Waals surface area (Å²) in [7, 11) is 0. The minimum absolute atomic E-state index is 0.845. The highest BCUT2D eigenvalue weighted by Gasteiger charge is 2.31. The zero-order chi connectivity index (χ0) is 9.10. The van der Waals surface area contributed by atoms with Crippen LogP contribution in [-0.2, 0) is 0 Å². The van der Waals surface area contributed by atoms with Gasteiger partial charge in [-0.3, -0.25) is 0 Å². The Bertz CT molecular complexity index is 152. The van der Waals surface area contributed by atoms with E-state index in [0.29, 0.717) is 0 Å². The van der Waals surface area contributed by atoms with Crippen LogP contribution in [0.15, 0.2) is 0 Å². The number of rotatable bonds is 3. The predicted molar refractivity (Wildman–Crippen MR) is 60.3 cm³/mol. The van der Waals surface area contributed by atoms with E-state index < -0.39 is 0 Å². The first kappa shape index (κ1) is 9.85. The van der Waals surface area contributed by atoms with Crippen molar-refractivity contribution in [3.63, 3.8) is 0 Å². The van der Waals surface area contributed by atoms with Gasteiger partial charge in [0.2, 0.25) is 0 Å². The summed E-state index contributed by atoms with van der Waals surface area (Å²) in [5.41, 5.74) is 0. The Labute approximate surface area is 86.0 Å². The van der Waals surface area contributed by atoms with Gasteiger partial charge in [-0.2, -0.15) is 11.8 Å². The van der Waals surface area contributed by atoms with E-state index >= 15 is 0 Å². The van der Waals surface area contributed by atoms with Crippen molar-refractivity contribution in [2.24, 2.45) is 0 Å². The molecule has 2 unspecified atom stereocenters. The van der Waals surface area contributed by atoms with Crippen LogP contribution in [0.25, 0.3) is 0 Å². The van der Waals surface area contributed by atoms with Gasteiger partial charge in [-0.15, -0.1) is 0 Å². The highest BCUT2D eigenvalue weighted by Crippen LogP contribution is 2.31. The van der Waals surface area contributed by atoms with Crippen LogP contribution in [0.3, 0.4) is 0 Å². The minimum Gasteiger partial charge on any atom is -0.310 e. The van der Waals surface area contributed by atoms with Crippen molar-refractivity contribution >= 4 is 11.8 Å². The van der Waals surface area contributed by atoms with Crippen LogP contribution in [0.5, 0.6) is 0 Å². The average Bonchev–Trinajstić information content (AvgIpc) is 2.15. The zero-order valence-electron chi connectivity index (χ0n) is 8.59. The van der Waals surface area contributed by atoms with Gasteiger partial charge in [-0.25, -0.2) is 0 Å². The summed E-state index contributed by atoms with van der Waals surface area (Å²) >= 11 is 2.05. The van der Waals surface area contributed by atoms with Gasteiger partial charge in [-0.05, 0) is 31.9 Å². The Kier molecular flexibility index (Phi) is 3.56. The van der Waals surface area contributed by atoms with Crippen molar-refractivity contribution < 1.29 is 0 Å². The van der Waals surface area contributed by atoms with E-state index in [1.165, 1.54) is 44.9 Å². The van der Waals surface area contributed by atoms with Crippen molar-refractivity contribution in [3.8, 4) is 0 Å². The number of nitrogens with one attached hydrogen (secondary N) is 1. The molecule has 0 heterocycles. The van der Waals surface area contributed by atoms with E-state index in [1.54, 1.807) is 0 Å². The summed E-state index contributed by atoms with van der Waals surface area (Å²) in [6, 6.07) is 1.70. The third kappa shape index (κ3) is 2.41. The molecular weight excluding hydrogens is 178 g/mol. The monoisotopic (exact) mass is 199 g/mol. The SMILES string of the molecule is CSC1CCC1NC1CCCCC1. The van der Waals surface area contributed by atoms with Gasteiger partial charge < -0.3 is 5.32 Å². The molecule has 0 amide bonds. The largest absolute Gasteiger partial charge is 0.310 e. The minimum atomic E-state index is 0.845. The van der Waals surface area contributed by atoms with Gasteiger partial charge in [0.15, 0.2) is 0 Å². The molecule has 2 saturated carbocycles. The Balaban J connectivity index is 1.70. The van der Waals surface area contributed by atoms with Gasteiger partial charge >= 0.3 is 0 Å². The molecule has 0 spiro atoms. The first-order valence-corrected chi connectivity index (χ1v) is 6.98. The van der Waals surface area contributed by atoms with Crippen LogP contribution in [-0.4, -0.2) is 23.6 Å². The third-order valence-corrected chi connectivity index (χ3v) is 4.74. The molecule has 1 nitrogen and oxygen atoms in total. The van der Waals surface area contributed by atoms with Crippen molar-refractivity contribution in [3.05, 3.63) is 0 Å². The van der Waals surface area contributed by atoms with Gasteiger partial charge in [0.1, 0.15) is 0 Å². The van der Waals surface area contributed by atoms with Gasteiger partial charge in [0, 0.05) is 17.3 Å². The Morgan fingerprint density at radius 2 is 1.77 bits per heavy atom. The molecule has 0 bridgehead atoms. The molecule has 13 heavy (non-hydrogen) atoms. The standard InChI is InChI=1S/C11H21NS/c1-13-11-8-7-10(11)12-9-5-3-2-4-6-9/h9-12H,2-8H2,1H3. The molecule has 0 aromatic carbocycles. The van der Waals surface area contributed by atoms with Crippen LogP contribution < -0.4 is 5.32 Å². The van der Waals surface area contributed by atoms with Gasteiger partial charge in [-0.1, -0.05) is 19.3 Å². The van der Waals surface area contributed by atoms with Crippen molar-refractivity contribution in [2.75, 3.05) is 6.26 Å². The second-order valence-corrected chi connectivity index (χ2v) is 5.54. The fourth-order valence-electron chi connectivity index (χ4n) is 2.51. The Morgan fingerprint density at radius 3 is 2.31 bits per heavy atom. The molecule has 0 aliphatic heterocycles. The van der Waals surface area contributed by atoms with Crippen LogP contribution in [0.2, 0.25) is 0 Å². The normalized spacial score (nSPS) is 35.8. The number of thioether (sulfide) groups is 1.